The Balaban J connectivity index is 0.000000376. The molecule has 2 heterocycles. The number of nitrogens with zero attached hydrogens (tertiary/aromatic N) is 2. The van der Waals surface area contributed by atoms with Gasteiger partial charge in [0.25, 0.3) is 16.6 Å². The van der Waals surface area contributed by atoms with Crippen molar-refractivity contribution in [1.29, 1.82) is 10.5 Å². The molecule has 0 bridgehead atoms. The zero-order valence-electron chi connectivity index (χ0n) is 46.7. The van der Waals surface area contributed by atoms with Crippen LogP contribution >= 0.6 is 27.7 Å². The van der Waals surface area contributed by atoms with Crippen molar-refractivity contribution >= 4 is 79.7 Å². The van der Waals surface area contributed by atoms with Crippen molar-refractivity contribution in [3.63, 3.8) is 0 Å². The number of fused-ring (bicyclic) bond motifs is 2. The summed E-state index contributed by atoms with van der Waals surface area (Å²) < 4.78 is 69.9. The third kappa shape index (κ3) is 14.5. The van der Waals surface area contributed by atoms with Crippen LogP contribution in [-0.4, -0.2) is 95.5 Å². The van der Waals surface area contributed by atoms with Gasteiger partial charge in [0.05, 0.1) is 56.9 Å². The maximum atomic E-state index is 13.2. The van der Waals surface area contributed by atoms with Crippen LogP contribution in [0.3, 0.4) is 0 Å². The topological polar surface area (TPSA) is 192 Å². The molecule has 16 nitrogen and oxygen atoms in total. The Morgan fingerprint density at radius 1 is 0.553 bits per heavy atom. The van der Waals surface area contributed by atoms with Crippen LogP contribution in [0.2, 0.25) is 36.3 Å². The predicted molar refractivity (Wildman–Crippen MR) is 302 cm³/mol. The molecule has 2 aliphatic heterocycles. The number of thioether (sulfide) groups is 1. The van der Waals surface area contributed by atoms with Crippen molar-refractivity contribution in [1.82, 2.24) is 0 Å². The van der Waals surface area contributed by atoms with E-state index >= 15 is 0 Å². The number of ether oxygens (including phenoxy) is 10. The van der Waals surface area contributed by atoms with Crippen LogP contribution in [0.15, 0.2) is 60.7 Å². The number of ketones is 2. The van der Waals surface area contributed by atoms with Crippen molar-refractivity contribution < 1.29 is 95.4 Å². The van der Waals surface area contributed by atoms with Crippen LogP contribution in [0.25, 0.3) is 11.1 Å². The monoisotopic (exact) mass is 1190 g/mol. The van der Waals surface area contributed by atoms with Gasteiger partial charge in [0, 0.05) is 22.9 Å². The fraction of sp³-hybridized carbons (Fsp3) is 0.407. The Kier molecular flexibility index (Phi) is 23.4. The van der Waals surface area contributed by atoms with E-state index in [2.05, 4.69) is 96.3 Å². The third-order valence-corrected chi connectivity index (χ3v) is 23.0. The summed E-state index contributed by atoms with van der Waals surface area (Å²) in [5, 5.41) is 18.8. The predicted octanol–water partition coefficient (Wildman–Crippen LogP) is 9.28. The molecule has 0 saturated carbocycles. The fourth-order valence-electron chi connectivity index (χ4n) is 7.11. The largest absolute Gasteiger partial charge is 1.00 e. The van der Waals surface area contributed by atoms with Gasteiger partial charge in [-0.3, -0.25) is 9.59 Å². The molecule has 0 saturated heterocycles. The molecular formula is C54H66BrN2NaO14S2Si2. The number of halogens is 1. The Labute approximate surface area is 489 Å². The van der Waals surface area contributed by atoms with Gasteiger partial charge in [-0.25, -0.2) is 5.26 Å². The summed E-state index contributed by atoms with van der Waals surface area (Å²) in [5.41, 5.74) is 2.73. The van der Waals surface area contributed by atoms with Gasteiger partial charge in [0.1, 0.15) is 16.9 Å². The minimum absolute atomic E-state index is 0. The molecule has 0 N–H and O–H groups in total. The van der Waals surface area contributed by atoms with Gasteiger partial charge in [-0.05, 0) is 123 Å². The van der Waals surface area contributed by atoms with E-state index in [-0.39, 0.29) is 62.7 Å². The number of thiocyanates is 2. The summed E-state index contributed by atoms with van der Waals surface area (Å²) in [6.45, 7) is 21.7. The maximum absolute atomic E-state index is 13.2. The minimum Gasteiger partial charge on any atom is -0.696 e. The van der Waals surface area contributed by atoms with E-state index in [1.807, 2.05) is 41.8 Å². The van der Waals surface area contributed by atoms with Gasteiger partial charge in [-0.15, -0.1) is 0 Å². The molecule has 404 valence electrons. The van der Waals surface area contributed by atoms with Crippen molar-refractivity contribution in [2.75, 3.05) is 56.9 Å². The van der Waals surface area contributed by atoms with Crippen LogP contribution in [0.5, 0.6) is 69.0 Å². The van der Waals surface area contributed by atoms with Crippen LogP contribution in [-0.2, 0) is 22.2 Å². The first kappa shape index (κ1) is 65.0. The minimum atomic E-state index is -2.21. The molecular weight excluding hydrogens is 1120 g/mol. The molecule has 4 aromatic carbocycles. The maximum Gasteiger partial charge on any atom is 1.00 e. The Morgan fingerprint density at radius 2 is 0.908 bits per heavy atom. The first-order valence-electron chi connectivity index (χ1n) is 23.2. The molecule has 0 radical (unpaired) electrons. The average Bonchev–Trinajstić information content (AvgIpc) is 3.57. The fourth-order valence-corrected chi connectivity index (χ4v) is 9.88. The normalized spacial score (nSPS) is 14.9. The quantitative estimate of drug-likeness (QED) is 0.0473. The van der Waals surface area contributed by atoms with Crippen molar-refractivity contribution in [2.45, 2.75) is 88.3 Å². The molecule has 0 amide bonds. The van der Waals surface area contributed by atoms with E-state index in [1.165, 1.54) is 47.0 Å². The SMILES string of the molecule is COc1ccc(C2=CC(=O)C(Br)Oc3c2cc(OC)c(OC)c3OC)cc1O[Si](C)(C)C(C)(C)C.COc1ccc(C2=CC(=O)C(SC#N)Oc3c2cc(OC)c(OC)c3OC)cc1O[Si](C)(C)C(C)(C)C.N#C[S-].[Na+]. The molecule has 2 atom stereocenters. The van der Waals surface area contributed by atoms with E-state index in [0.717, 1.165) is 17.3 Å². The second-order valence-electron chi connectivity index (χ2n) is 19.6. The molecule has 0 fully saturated rings. The van der Waals surface area contributed by atoms with Crippen molar-refractivity contribution in [2.24, 2.45) is 0 Å². The average molecular weight is 1190 g/mol. The van der Waals surface area contributed by atoms with Gasteiger partial charge in [-0.2, -0.15) is 5.26 Å². The molecule has 2 aliphatic rings. The van der Waals surface area contributed by atoms with E-state index in [1.54, 1.807) is 39.5 Å². The van der Waals surface area contributed by atoms with Gasteiger partial charge in [0.2, 0.25) is 45.0 Å². The zero-order chi connectivity index (χ0) is 56.4. The summed E-state index contributed by atoms with van der Waals surface area (Å²) in [6, 6.07) is 14.7. The van der Waals surface area contributed by atoms with E-state index < -0.39 is 27.1 Å². The van der Waals surface area contributed by atoms with Crippen LogP contribution in [0.4, 0.5) is 0 Å². The van der Waals surface area contributed by atoms with E-state index in [4.69, 9.17) is 61.5 Å². The van der Waals surface area contributed by atoms with Gasteiger partial charge in [-0.1, -0.05) is 59.1 Å². The van der Waals surface area contributed by atoms with Gasteiger partial charge < -0.3 is 68.8 Å². The molecule has 0 aromatic heterocycles. The number of rotatable bonds is 15. The molecule has 76 heavy (non-hydrogen) atoms. The number of carbonyl (C=O) groups is 2. The number of nitriles is 2. The number of alkyl halides is 1. The van der Waals surface area contributed by atoms with Crippen molar-refractivity contribution in [3.05, 3.63) is 82.9 Å². The van der Waals surface area contributed by atoms with Crippen molar-refractivity contribution in [3.8, 4) is 79.8 Å². The summed E-state index contributed by atoms with van der Waals surface area (Å²) in [5.74, 6) is 4.56. The number of methoxy groups -OCH3 is 8. The van der Waals surface area contributed by atoms with E-state index in [9.17, 15) is 14.9 Å². The standard InChI is InChI=1S/C27H33NO7SSi.C26H33BrO7Si.CHNS.Na/c1-27(2,3)37(8,9)35-21-12-16(10-11-20(21)30-4)17-13-19(29)26(36-15-28)34-23-18(17)14-22(31-5)24(32-6)25(23)33-7;1-26(2,3)35(8,9)34-20-12-15(10-11-19(20)29-4)16-13-18(28)25(27)33-22-17(16)14-21(30-5)23(31-6)24(22)32-7;2-1-3;/h10-14,26H,1-9H3;10-14,25H,1-9H3;3H;/q;;;+1/p-1. The Morgan fingerprint density at radius 3 is 1.24 bits per heavy atom. The molecule has 0 spiro atoms. The summed E-state index contributed by atoms with van der Waals surface area (Å²) in [6.07, 6.45) is 3.03. The van der Waals surface area contributed by atoms with E-state index in [0.29, 0.717) is 85.3 Å². The molecule has 0 aliphatic carbocycles. The Hall–Kier alpha value is -5.24. The first-order chi connectivity index (χ1) is 35.2. The number of hydrogen-bond donors (Lipinski definition) is 0. The Bertz CT molecular complexity index is 2910. The first-order valence-corrected chi connectivity index (χ1v) is 31.2. The second kappa shape index (κ2) is 27.4. The summed E-state index contributed by atoms with van der Waals surface area (Å²) >= 11 is 7.75. The van der Waals surface area contributed by atoms with Gasteiger partial charge >= 0.3 is 29.6 Å². The van der Waals surface area contributed by atoms with Gasteiger partial charge in [0.15, 0.2) is 34.5 Å². The summed E-state index contributed by atoms with van der Waals surface area (Å²) in [4.78, 5) is 26.2. The van der Waals surface area contributed by atoms with Crippen LogP contribution in [0, 0.1) is 21.3 Å². The van der Waals surface area contributed by atoms with Crippen LogP contribution in [0.1, 0.15) is 63.8 Å². The second-order valence-corrected chi connectivity index (χ2v) is 30.9. The molecule has 22 heteroatoms. The third-order valence-electron chi connectivity index (χ3n) is 13.1. The molecule has 2 unspecified atom stereocenters. The smallest absolute Gasteiger partial charge is 0.696 e. The molecule has 6 rings (SSSR count). The number of carbonyl (C=O) groups excluding carboxylic acids is 2. The zero-order valence-corrected chi connectivity index (χ0v) is 54.0. The number of hydrogen-bond acceptors (Lipinski definition) is 18. The number of benzene rings is 4. The van der Waals surface area contributed by atoms with Crippen LogP contribution < -0.4 is 85.8 Å². The molecule has 4 aromatic rings. The summed E-state index contributed by atoms with van der Waals surface area (Å²) in [7, 11) is 7.88.